The predicted molar refractivity (Wildman–Crippen MR) is 105 cm³/mol. The maximum Gasteiger partial charge on any atom is 3.00 e. The first-order chi connectivity index (χ1) is 7.35. The van der Waals surface area contributed by atoms with E-state index in [-0.39, 0.29) is 19.5 Å². The molecule has 162 valence electrons. The van der Waals surface area contributed by atoms with Crippen LogP contribution in [-0.4, -0.2) is 0 Å². The van der Waals surface area contributed by atoms with E-state index < -0.39 is 19.4 Å². The Hall–Kier alpha value is 7.71. The van der Waals surface area contributed by atoms with Gasteiger partial charge in [0, 0.05) is 0 Å². The van der Waals surface area contributed by atoms with Crippen molar-refractivity contribution in [2.24, 2.45) is 0 Å². The molecule has 22 heteroatoms. The van der Waals surface area contributed by atoms with Gasteiger partial charge in [-0.05, 0) is 0 Å². The Balaban J connectivity index is -0.000000108. The van der Waals surface area contributed by atoms with Crippen molar-refractivity contribution < 1.29 is 38.9 Å². The zero-order valence-corrected chi connectivity index (χ0v) is 28.3. The summed E-state index contributed by atoms with van der Waals surface area (Å²) in [5.74, 6) is 0. The Bertz CT molecular complexity index is 262. The summed E-state index contributed by atoms with van der Waals surface area (Å²) in [6, 6.07) is 0. The minimum Gasteiger partial charge on any atom is 3.00 e. The van der Waals surface area contributed by atoms with Gasteiger partial charge in [0.15, 0.2) is 0 Å². The van der Waals surface area contributed by atoms with E-state index in [1.807, 2.05) is 0 Å². The molecule has 0 heterocycles. The van der Waals surface area contributed by atoms with E-state index in [4.69, 9.17) is 174 Å². The molecule has 0 spiro atoms. The fourth-order valence-corrected chi connectivity index (χ4v) is 0. The summed E-state index contributed by atoms with van der Waals surface area (Å²) in [6.07, 6.45) is 0. The van der Waals surface area contributed by atoms with Crippen molar-refractivity contribution in [3.05, 3.63) is 0 Å². The number of halogens is 18. The van der Waals surface area contributed by atoms with Crippen molar-refractivity contribution in [3.63, 3.8) is 0 Å². The first kappa shape index (κ1) is 37.1. The summed E-state index contributed by atoms with van der Waals surface area (Å²) < 4.78 is 0. The standard InChI is InChI=1S/18ClH.4Rh/h18*1H;;;;/q;;;;;;;;;;;;;;;;;;+3;3*+5/p-18. The van der Waals surface area contributed by atoms with Crippen LogP contribution in [0.15, 0.2) is 0 Å². The van der Waals surface area contributed by atoms with E-state index >= 15 is 0 Å². The van der Waals surface area contributed by atoms with E-state index in [9.17, 15) is 0 Å². The molecule has 0 aliphatic heterocycles. The van der Waals surface area contributed by atoms with Crippen LogP contribution in [0.3, 0.4) is 0 Å². The molecular weight excluding hydrogens is 1050 g/mol. The second-order valence-electron chi connectivity index (χ2n) is 2.14. The Morgan fingerprint density at radius 3 is 0.227 bits per heavy atom. The molecule has 0 unspecified atom stereocenters. The second-order valence-corrected chi connectivity index (χ2v) is 114. The molecule has 0 saturated carbocycles. The first-order valence-corrected chi connectivity index (χ1v) is 40.2. The summed E-state index contributed by atoms with van der Waals surface area (Å²) in [4.78, 5) is 0. The van der Waals surface area contributed by atoms with E-state index in [0.717, 1.165) is 0 Å². The maximum absolute atomic E-state index is 5.15. The van der Waals surface area contributed by atoms with Gasteiger partial charge in [0.2, 0.25) is 0 Å². The molecule has 0 N–H and O–H groups in total. The average Bonchev–Trinajstić information content (AvgIpc) is 1.19. The molecule has 0 aromatic rings. The van der Waals surface area contributed by atoms with E-state index in [1.165, 1.54) is 0 Å². The zero-order valence-electron chi connectivity index (χ0n) is 8.14. The molecule has 0 atom stereocenters. The molecule has 0 saturated heterocycles. The molecule has 0 aliphatic carbocycles. The predicted octanol–water partition coefficient (Wildman–Crippen LogP) is 12.4. The first-order valence-electron chi connectivity index (χ1n) is 2.27. The van der Waals surface area contributed by atoms with Gasteiger partial charge in [-0.15, -0.1) is 0 Å². The van der Waals surface area contributed by atoms with Crippen LogP contribution < -0.4 is 0 Å². The average molecular weight is 1050 g/mol. The van der Waals surface area contributed by atoms with Gasteiger partial charge in [-0.1, -0.05) is 0 Å². The molecule has 0 rings (SSSR count). The van der Waals surface area contributed by atoms with Crippen molar-refractivity contribution in [2.75, 3.05) is 0 Å². The third-order valence-corrected chi connectivity index (χ3v) is 0. The number of hydrogen-bond donors (Lipinski definition) is 0. The molecule has 0 aromatic heterocycles. The van der Waals surface area contributed by atoms with Gasteiger partial charge in [0.1, 0.15) is 0 Å². The van der Waals surface area contributed by atoms with Crippen molar-refractivity contribution >= 4 is 174 Å². The minimum atomic E-state index is -5.15. The zero-order chi connectivity index (χ0) is 19.2. The van der Waals surface area contributed by atoms with Gasteiger partial charge in [-0.25, -0.2) is 0 Å². The van der Waals surface area contributed by atoms with Crippen LogP contribution in [0.1, 0.15) is 0 Å². The van der Waals surface area contributed by atoms with Crippen LogP contribution in [0, 0.1) is 0 Å². The van der Waals surface area contributed by atoms with Crippen LogP contribution in [-0.2, 0) is 38.9 Å². The van der Waals surface area contributed by atoms with Gasteiger partial charge >= 0.3 is 213 Å². The summed E-state index contributed by atoms with van der Waals surface area (Å²) in [6.45, 7) is -15.4. The second kappa shape index (κ2) is 7.94. The van der Waals surface area contributed by atoms with Gasteiger partial charge < -0.3 is 0 Å². The van der Waals surface area contributed by atoms with Crippen LogP contribution >= 0.6 is 174 Å². The van der Waals surface area contributed by atoms with E-state index in [1.54, 1.807) is 0 Å². The van der Waals surface area contributed by atoms with Crippen molar-refractivity contribution in [3.8, 4) is 0 Å². The number of hydrogen-bond acceptors (Lipinski definition) is 0. The Labute approximate surface area is 208 Å². The smallest absolute Gasteiger partial charge is 3.00 e. The summed E-state index contributed by atoms with van der Waals surface area (Å²) in [7, 11) is 90.7. The largest absolute Gasteiger partial charge is 3.00 e. The molecular formula is Cl18Rh4. The van der Waals surface area contributed by atoms with Gasteiger partial charge in [-0.2, -0.15) is 0 Å². The van der Waals surface area contributed by atoms with Crippen molar-refractivity contribution in [2.45, 2.75) is 0 Å². The van der Waals surface area contributed by atoms with Gasteiger partial charge in [-0.3, -0.25) is 0 Å². The molecule has 22 heavy (non-hydrogen) atoms. The number of rotatable bonds is 0. The van der Waals surface area contributed by atoms with Crippen LogP contribution in [0.4, 0.5) is 0 Å². The van der Waals surface area contributed by atoms with E-state index in [2.05, 4.69) is 0 Å². The monoisotopic (exact) mass is 1040 g/mol. The van der Waals surface area contributed by atoms with Gasteiger partial charge in [0.05, 0.1) is 0 Å². The molecule has 0 fully saturated rings. The molecule has 0 aliphatic rings. The Morgan fingerprint density at radius 2 is 0.227 bits per heavy atom. The molecule has 0 aromatic carbocycles. The van der Waals surface area contributed by atoms with Gasteiger partial charge in [0.25, 0.3) is 0 Å². The quantitative estimate of drug-likeness (QED) is 0.212. The van der Waals surface area contributed by atoms with Crippen LogP contribution in [0.5, 0.6) is 0 Å². The maximum atomic E-state index is 5.04. The minimum absolute atomic E-state index is 0. The van der Waals surface area contributed by atoms with Crippen molar-refractivity contribution in [1.82, 2.24) is 0 Å². The molecule has 0 nitrogen and oxygen atoms in total. The normalized spacial score (nSPS) is 22.1. The molecule has 0 bridgehead atoms. The summed E-state index contributed by atoms with van der Waals surface area (Å²) >= 11 is 0. The van der Waals surface area contributed by atoms with E-state index in [0.29, 0.717) is 0 Å². The fourth-order valence-electron chi connectivity index (χ4n) is 0. The Kier molecular flexibility index (Phi) is 13.4. The third-order valence-electron chi connectivity index (χ3n) is 0. The fraction of sp³-hybridized carbons (Fsp3) is 0. The van der Waals surface area contributed by atoms with Crippen LogP contribution in [0.25, 0.3) is 0 Å². The van der Waals surface area contributed by atoms with Crippen molar-refractivity contribution in [1.29, 1.82) is 0 Å². The molecule has 0 radical (unpaired) electrons. The third kappa shape index (κ3) is 332. The summed E-state index contributed by atoms with van der Waals surface area (Å²) in [5.41, 5.74) is 0. The SMILES string of the molecule is [Cl][Rh-]([Cl])([Cl])([Cl])([Cl])[Cl].[Cl][Rh-]([Cl])([Cl])([Cl])([Cl])[Cl].[Cl][Rh-]([Cl])([Cl])([Cl])([Cl])[Cl].[Rh+3]. The topological polar surface area (TPSA) is 0 Å². The molecule has 0 amide bonds. The summed E-state index contributed by atoms with van der Waals surface area (Å²) in [5, 5.41) is 0. The van der Waals surface area contributed by atoms with Crippen LogP contribution in [0.2, 0.25) is 0 Å². The Morgan fingerprint density at radius 1 is 0.227 bits per heavy atom.